The molecule has 30 heavy (non-hydrogen) atoms. The van der Waals surface area contributed by atoms with Crippen molar-refractivity contribution in [1.29, 1.82) is 0 Å². The van der Waals surface area contributed by atoms with Gasteiger partial charge in [-0.1, -0.05) is 0 Å². The second-order valence-corrected chi connectivity index (χ2v) is 29.2. The molecule has 149 valence electrons. The van der Waals surface area contributed by atoms with Gasteiger partial charge < -0.3 is 0 Å². The van der Waals surface area contributed by atoms with Crippen molar-refractivity contribution < 1.29 is 20.9 Å². The molecule has 2 aliphatic carbocycles. The van der Waals surface area contributed by atoms with Crippen molar-refractivity contribution in [2.75, 3.05) is 0 Å². The number of allylic oxidation sites excluding steroid dienone is 2. The summed E-state index contributed by atoms with van der Waals surface area (Å²) in [5.41, 5.74) is 12.2. The monoisotopic (exact) mass is 483 g/mol. The normalized spacial score (nSPS) is 19.4. The molecule has 5 rings (SSSR count). The first-order valence-electron chi connectivity index (χ1n) is 11.1. The van der Waals surface area contributed by atoms with Crippen LogP contribution < -0.4 is 0 Å². The molecule has 3 aromatic rings. The third-order valence-electron chi connectivity index (χ3n) is 6.84. The molecule has 0 amide bonds. The van der Waals surface area contributed by atoms with Crippen molar-refractivity contribution in [2.45, 2.75) is 34.2 Å². The molecule has 0 nitrogen and oxygen atoms in total. The molecule has 0 aliphatic heterocycles. The maximum atomic E-state index is 2.63. The van der Waals surface area contributed by atoms with Gasteiger partial charge in [-0.3, -0.25) is 0 Å². The second-order valence-electron chi connectivity index (χ2n) is 9.10. The summed E-state index contributed by atoms with van der Waals surface area (Å²) in [5, 5.41) is 0. The zero-order chi connectivity index (χ0) is 20.8. The van der Waals surface area contributed by atoms with Crippen LogP contribution in [-0.2, 0) is 20.9 Å². The van der Waals surface area contributed by atoms with Crippen molar-refractivity contribution in [3.63, 3.8) is 0 Å². The summed E-state index contributed by atoms with van der Waals surface area (Å²) < 4.78 is 1.46. The Kier molecular flexibility index (Phi) is 5.42. The summed E-state index contributed by atoms with van der Waals surface area (Å²) in [4.78, 5) is 0. The van der Waals surface area contributed by atoms with Crippen LogP contribution in [0.25, 0.3) is 23.3 Å². The third kappa shape index (κ3) is 3.29. The fraction of sp³-hybridized carbons (Fsp3) is 0.214. The molecule has 2 aliphatic rings. The number of benzene rings is 3. The maximum absolute atomic E-state index is 2.63. The Morgan fingerprint density at radius 2 is 1.30 bits per heavy atom. The minimum atomic E-state index is -1.86. The van der Waals surface area contributed by atoms with Crippen LogP contribution in [0.2, 0.25) is 13.1 Å². The molecule has 0 N–H and O–H groups in total. The number of fused-ring (bicyclic) bond motifs is 2. The van der Waals surface area contributed by atoms with Gasteiger partial charge in [0, 0.05) is 0 Å². The fourth-order valence-corrected chi connectivity index (χ4v) is 28.9. The van der Waals surface area contributed by atoms with Crippen LogP contribution in [0.15, 0.2) is 83.9 Å². The quantitative estimate of drug-likeness (QED) is 0.335. The van der Waals surface area contributed by atoms with E-state index in [0.717, 1.165) is 7.25 Å². The van der Waals surface area contributed by atoms with Gasteiger partial charge >= 0.3 is 191 Å². The molecule has 0 heterocycles. The Morgan fingerprint density at radius 3 is 2.07 bits per heavy atom. The van der Waals surface area contributed by atoms with Crippen molar-refractivity contribution in [2.24, 2.45) is 0 Å². The van der Waals surface area contributed by atoms with E-state index >= 15 is 0 Å². The van der Waals surface area contributed by atoms with E-state index in [0.29, 0.717) is 0 Å². The van der Waals surface area contributed by atoms with Gasteiger partial charge in [0.1, 0.15) is 0 Å². The average Bonchev–Trinajstić information content (AvgIpc) is 3.25. The third-order valence-corrected chi connectivity index (χ3v) is 29.0. The Bertz CT molecular complexity index is 1160. The Labute approximate surface area is 189 Å². The van der Waals surface area contributed by atoms with Gasteiger partial charge in [0.05, 0.1) is 0 Å². The van der Waals surface area contributed by atoms with Crippen molar-refractivity contribution in [3.05, 3.63) is 106 Å². The predicted molar refractivity (Wildman–Crippen MR) is 130 cm³/mol. The van der Waals surface area contributed by atoms with Crippen LogP contribution in [0.1, 0.15) is 43.4 Å². The van der Waals surface area contributed by atoms with E-state index in [9.17, 15) is 0 Å². The van der Waals surface area contributed by atoms with Crippen LogP contribution in [0, 0.1) is 0 Å². The molecule has 0 aromatic heterocycles. The van der Waals surface area contributed by atoms with Crippen LogP contribution in [0.4, 0.5) is 0 Å². The first-order valence-corrected chi connectivity index (χ1v) is 21.0. The molecule has 2 unspecified atom stereocenters. The average molecular weight is 485 g/mol. The van der Waals surface area contributed by atoms with Gasteiger partial charge in [0.15, 0.2) is 0 Å². The molecule has 0 bridgehead atoms. The van der Waals surface area contributed by atoms with E-state index in [1.54, 1.807) is 22.3 Å². The predicted octanol–water partition coefficient (Wildman–Crippen LogP) is 7.57. The molecule has 3 aromatic carbocycles. The molecule has 0 saturated heterocycles. The van der Waals surface area contributed by atoms with Crippen LogP contribution >= 0.6 is 0 Å². The second kappa shape index (κ2) is 8.06. The SMILES string of the molecule is CC1=Cc2ccccc2[CH]1[Zr]([CH]1C(C)=Cc2c(-c3ccccc3)cccc21)[SiH](C)C. The summed E-state index contributed by atoms with van der Waals surface area (Å²) in [6.07, 6.45) is 5.01. The van der Waals surface area contributed by atoms with E-state index in [1.807, 2.05) is 0 Å². The molecule has 0 saturated carbocycles. The summed E-state index contributed by atoms with van der Waals surface area (Å²) in [6, 6.07) is 27.2. The Morgan fingerprint density at radius 1 is 0.667 bits per heavy atom. The van der Waals surface area contributed by atoms with E-state index in [2.05, 4.69) is 112 Å². The molecule has 0 radical (unpaired) electrons. The molecule has 2 heteroatoms. The van der Waals surface area contributed by atoms with Crippen molar-refractivity contribution in [1.82, 2.24) is 0 Å². The molecule has 2 atom stereocenters. The zero-order valence-electron chi connectivity index (χ0n) is 18.3. The van der Waals surface area contributed by atoms with Crippen LogP contribution in [0.5, 0.6) is 0 Å². The van der Waals surface area contributed by atoms with E-state index in [1.165, 1.54) is 22.3 Å². The van der Waals surface area contributed by atoms with Crippen LogP contribution in [0.3, 0.4) is 0 Å². The first-order chi connectivity index (χ1) is 14.6. The molecular weight excluding hydrogens is 456 g/mol. The van der Waals surface area contributed by atoms with Gasteiger partial charge in [0.25, 0.3) is 0 Å². The van der Waals surface area contributed by atoms with Crippen LogP contribution in [-0.4, -0.2) is 5.92 Å². The molecule has 0 fully saturated rings. The summed E-state index contributed by atoms with van der Waals surface area (Å²) in [5.74, 6) is -0.761. The zero-order valence-corrected chi connectivity index (χ0v) is 21.9. The Hall–Kier alpha value is -1.76. The van der Waals surface area contributed by atoms with Crippen molar-refractivity contribution in [3.8, 4) is 11.1 Å². The van der Waals surface area contributed by atoms with Gasteiger partial charge in [0.2, 0.25) is 0 Å². The summed E-state index contributed by atoms with van der Waals surface area (Å²) in [7, 11) is 0. The number of hydrogen-bond donors (Lipinski definition) is 0. The Balaban J connectivity index is 1.64. The standard InChI is InChI=1S/C16H13.C10H9.C2H7Si.Zr/c1-12-10-14-8-5-9-15(16(14)11-12)13-6-3-2-4-7-13;1-8-6-9-4-2-3-5-10(9)7-8;1-3-2;/h2-11H,1H3;2-7H,1H3;3H,1-2H3;. The van der Waals surface area contributed by atoms with Crippen molar-refractivity contribution >= 4 is 18.1 Å². The fourth-order valence-electron chi connectivity index (χ4n) is 5.62. The van der Waals surface area contributed by atoms with Gasteiger partial charge in [-0.05, 0) is 0 Å². The van der Waals surface area contributed by atoms with Gasteiger partial charge in [-0.25, -0.2) is 0 Å². The number of hydrogen-bond acceptors (Lipinski definition) is 0. The van der Waals surface area contributed by atoms with E-state index in [-0.39, 0.29) is 0 Å². The first kappa shape index (κ1) is 20.2. The molecular formula is C28H29SiZr. The molecule has 0 spiro atoms. The van der Waals surface area contributed by atoms with E-state index in [4.69, 9.17) is 0 Å². The topological polar surface area (TPSA) is 0 Å². The minimum absolute atomic E-state index is 0.720. The van der Waals surface area contributed by atoms with E-state index < -0.39 is 26.8 Å². The summed E-state index contributed by atoms with van der Waals surface area (Å²) in [6.45, 7) is 10.1. The van der Waals surface area contributed by atoms with Gasteiger partial charge in [-0.2, -0.15) is 0 Å². The van der Waals surface area contributed by atoms with Gasteiger partial charge in [-0.15, -0.1) is 0 Å². The number of rotatable bonds is 4. The summed E-state index contributed by atoms with van der Waals surface area (Å²) >= 11 is -1.86.